The van der Waals surface area contributed by atoms with Gasteiger partial charge in [-0.05, 0) is 62.3 Å². The Kier molecular flexibility index (Phi) is 4.98. The Hall–Kier alpha value is -2.48. The molecule has 3 rings (SSSR count). The zero-order valence-electron chi connectivity index (χ0n) is 13.3. The van der Waals surface area contributed by atoms with Gasteiger partial charge in [-0.1, -0.05) is 0 Å². The quantitative estimate of drug-likeness (QED) is 0.881. The number of rotatable bonds is 5. The molecule has 1 aliphatic rings. The van der Waals surface area contributed by atoms with Crippen molar-refractivity contribution in [2.75, 3.05) is 18.4 Å². The standard InChI is InChI=1S/C17H17F3N2O3/c18-17(19,20)25-13-5-3-12(4-6-13)21-16(23)15-8-7-14(24-15)11-22-9-1-2-10-22/h3-8H,1-2,9-11H2,(H,21,23). The van der Waals surface area contributed by atoms with Crippen LogP contribution in [0.4, 0.5) is 18.9 Å². The fraction of sp³-hybridized carbons (Fsp3) is 0.353. The maximum absolute atomic E-state index is 12.1. The van der Waals surface area contributed by atoms with E-state index in [0.29, 0.717) is 18.0 Å². The fourth-order valence-corrected chi connectivity index (χ4v) is 2.68. The van der Waals surface area contributed by atoms with Gasteiger partial charge in [-0.3, -0.25) is 9.69 Å². The van der Waals surface area contributed by atoms with E-state index in [4.69, 9.17) is 4.42 Å². The lowest BCUT2D eigenvalue weighted by Crippen LogP contribution is -2.18. The van der Waals surface area contributed by atoms with Gasteiger partial charge in [0.05, 0.1) is 6.54 Å². The smallest absolute Gasteiger partial charge is 0.455 e. The third-order valence-electron chi connectivity index (χ3n) is 3.81. The van der Waals surface area contributed by atoms with Gasteiger partial charge < -0.3 is 14.5 Å². The zero-order chi connectivity index (χ0) is 17.9. The number of carbonyl (C=O) groups is 1. The second-order valence-corrected chi connectivity index (χ2v) is 5.78. The maximum atomic E-state index is 12.1. The van der Waals surface area contributed by atoms with Crippen molar-refractivity contribution < 1.29 is 27.1 Å². The summed E-state index contributed by atoms with van der Waals surface area (Å²) in [7, 11) is 0. The average Bonchev–Trinajstić information content (AvgIpc) is 3.20. The number of hydrogen-bond donors (Lipinski definition) is 1. The number of alkyl halides is 3. The highest BCUT2D eigenvalue weighted by molar-refractivity contribution is 6.02. The first kappa shape index (κ1) is 17.3. The zero-order valence-corrected chi connectivity index (χ0v) is 13.3. The molecule has 1 amide bonds. The van der Waals surface area contributed by atoms with Crippen LogP contribution in [0.25, 0.3) is 0 Å². The topological polar surface area (TPSA) is 54.7 Å². The monoisotopic (exact) mass is 354 g/mol. The summed E-state index contributed by atoms with van der Waals surface area (Å²) in [5.74, 6) is 0.0550. The largest absolute Gasteiger partial charge is 0.573 e. The predicted molar refractivity (Wildman–Crippen MR) is 84.3 cm³/mol. The first-order valence-corrected chi connectivity index (χ1v) is 7.87. The first-order chi connectivity index (χ1) is 11.9. The van der Waals surface area contributed by atoms with Gasteiger partial charge in [-0.15, -0.1) is 13.2 Å². The average molecular weight is 354 g/mol. The third-order valence-corrected chi connectivity index (χ3v) is 3.81. The summed E-state index contributed by atoms with van der Waals surface area (Å²) in [6.07, 6.45) is -2.41. The highest BCUT2D eigenvalue weighted by Crippen LogP contribution is 2.24. The van der Waals surface area contributed by atoms with Gasteiger partial charge in [0.2, 0.25) is 0 Å². The van der Waals surface area contributed by atoms with Crippen molar-refractivity contribution in [3.63, 3.8) is 0 Å². The molecule has 0 saturated carbocycles. The molecular formula is C17H17F3N2O3. The summed E-state index contributed by atoms with van der Waals surface area (Å²) in [6.45, 7) is 2.71. The number of hydrogen-bond acceptors (Lipinski definition) is 4. The summed E-state index contributed by atoms with van der Waals surface area (Å²) >= 11 is 0. The van der Waals surface area contributed by atoms with Gasteiger partial charge in [-0.25, -0.2) is 0 Å². The number of amides is 1. The molecule has 2 heterocycles. The van der Waals surface area contributed by atoms with Crippen LogP contribution in [-0.2, 0) is 6.54 Å². The lowest BCUT2D eigenvalue weighted by molar-refractivity contribution is -0.274. The van der Waals surface area contributed by atoms with E-state index in [2.05, 4.69) is 15.0 Å². The molecule has 25 heavy (non-hydrogen) atoms. The van der Waals surface area contributed by atoms with Crippen LogP contribution in [0.15, 0.2) is 40.8 Å². The number of nitrogens with zero attached hydrogens (tertiary/aromatic N) is 1. The predicted octanol–water partition coefficient (Wildman–Crippen LogP) is 4.03. The van der Waals surface area contributed by atoms with Crippen molar-refractivity contribution in [1.82, 2.24) is 4.90 Å². The Morgan fingerprint density at radius 2 is 1.80 bits per heavy atom. The van der Waals surface area contributed by atoms with E-state index in [-0.39, 0.29) is 11.5 Å². The lowest BCUT2D eigenvalue weighted by atomic mass is 10.3. The Morgan fingerprint density at radius 1 is 1.12 bits per heavy atom. The highest BCUT2D eigenvalue weighted by atomic mass is 19.4. The molecule has 1 N–H and O–H groups in total. The van der Waals surface area contributed by atoms with E-state index in [1.54, 1.807) is 12.1 Å². The molecule has 1 fully saturated rings. The molecule has 2 aromatic rings. The molecule has 1 aromatic carbocycles. The summed E-state index contributed by atoms with van der Waals surface area (Å²) in [5.41, 5.74) is 0.344. The molecule has 8 heteroatoms. The number of halogens is 3. The van der Waals surface area contributed by atoms with E-state index < -0.39 is 12.3 Å². The van der Waals surface area contributed by atoms with Crippen molar-refractivity contribution in [3.8, 4) is 5.75 Å². The SMILES string of the molecule is O=C(Nc1ccc(OC(F)(F)F)cc1)c1ccc(CN2CCCC2)o1. The minimum atomic E-state index is -4.75. The highest BCUT2D eigenvalue weighted by Gasteiger charge is 2.31. The molecule has 1 aromatic heterocycles. The maximum Gasteiger partial charge on any atom is 0.573 e. The number of nitrogens with one attached hydrogen (secondary N) is 1. The first-order valence-electron chi connectivity index (χ1n) is 7.87. The Bertz CT molecular complexity index is 719. The van der Waals surface area contributed by atoms with Crippen molar-refractivity contribution in [3.05, 3.63) is 47.9 Å². The Labute approximate surface area is 142 Å². The van der Waals surface area contributed by atoms with Crippen LogP contribution < -0.4 is 10.1 Å². The third kappa shape index (κ3) is 4.99. The molecule has 5 nitrogen and oxygen atoms in total. The lowest BCUT2D eigenvalue weighted by Gasteiger charge is -2.11. The van der Waals surface area contributed by atoms with E-state index in [1.807, 2.05) is 0 Å². The van der Waals surface area contributed by atoms with Gasteiger partial charge >= 0.3 is 6.36 Å². The molecular weight excluding hydrogens is 337 g/mol. The van der Waals surface area contributed by atoms with Gasteiger partial charge in [0.1, 0.15) is 11.5 Å². The van der Waals surface area contributed by atoms with Crippen LogP contribution in [0.5, 0.6) is 5.75 Å². The number of furan rings is 1. The normalized spacial score (nSPS) is 15.3. The molecule has 0 aliphatic carbocycles. The van der Waals surface area contributed by atoms with Crippen LogP contribution in [0.1, 0.15) is 29.2 Å². The molecule has 0 spiro atoms. The number of carbonyl (C=O) groups excluding carboxylic acids is 1. The van der Waals surface area contributed by atoms with Crippen LogP contribution >= 0.6 is 0 Å². The van der Waals surface area contributed by atoms with Crippen molar-refractivity contribution in [2.24, 2.45) is 0 Å². The van der Waals surface area contributed by atoms with Gasteiger partial charge in [0.25, 0.3) is 5.91 Å². The molecule has 0 unspecified atom stereocenters. The molecule has 0 bridgehead atoms. The summed E-state index contributed by atoms with van der Waals surface area (Å²) in [6, 6.07) is 8.25. The summed E-state index contributed by atoms with van der Waals surface area (Å²) in [4.78, 5) is 14.4. The van der Waals surface area contributed by atoms with Gasteiger partial charge in [0.15, 0.2) is 5.76 Å². The Morgan fingerprint density at radius 3 is 2.44 bits per heavy atom. The number of likely N-dealkylation sites (tertiary alicyclic amines) is 1. The fourth-order valence-electron chi connectivity index (χ4n) is 2.68. The number of benzene rings is 1. The van der Waals surface area contributed by atoms with Crippen LogP contribution in [0.2, 0.25) is 0 Å². The summed E-state index contributed by atoms with van der Waals surface area (Å²) in [5, 5.41) is 2.57. The second kappa shape index (κ2) is 7.18. The number of anilines is 1. The van der Waals surface area contributed by atoms with E-state index in [9.17, 15) is 18.0 Å². The minimum absolute atomic E-state index is 0.157. The van der Waals surface area contributed by atoms with Crippen molar-refractivity contribution >= 4 is 11.6 Å². The van der Waals surface area contributed by atoms with Crippen molar-refractivity contribution in [2.45, 2.75) is 25.7 Å². The van der Waals surface area contributed by atoms with Crippen LogP contribution in [0.3, 0.4) is 0 Å². The molecule has 0 atom stereocenters. The molecule has 0 radical (unpaired) electrons. The minimum Gasteiger partial charge on any atom is -0.455 e. The molecule has 1 aliphatic heterocycles. The van der Waals surface area contributed by atoms with Crippen LogP contribution in [-0.4, -0.2) is 30.3 Å². The Balaban J connectivity index is 1.57. The van der Waals surface area contributed by atoms with Crippen LogP contribution in [0, 0.1) is 0 Å². The number of ether oxygens (including phenoxy) is 1. The van der Waals surface area contributed by atoms with Gasteiger partial charge in [-0.2, -0.15) is 0 Å². The summed E-state index contributed by atoms with van der Waals surface area (Å²) < 4.78 is 45.7. The molecule has 1 saturated heterocycles. The van der Waals surface area contributed by atoms with E-state index >= 15 is 0 Å². The molecule has 134 valence electrons. The second-order valence-electron chi connectivity index (χ2n) is 5.78. The van der Waals surface area contributed by atoms with Crippen molar-refractivity contribution in [1.29, 1.82) is 0 Å². The van der Waals surface area contributed by atoms with Gasteiger partial charge in [0, 0.05) is 5.69 Å². The van der Waals surface area contributed by atoms with E-state index in [1.165, 1.54) is 25.0 Å². The van der Waals surface area contributed by atoms with E-state index in [0.717, 1.165) is 25.2 Å².